The number of hydrogen-bond acceptors (Lipinski definition) is 8. The number of amides is 3. The molecule has 3 atom stereocenters. The number of hydrogen-bond donors (Lipinski definition) is 4. The van der Waals surface area contributed by atoms with Crippen LogP contribution < -0.4 is 26.8 Å². The van der Waals surface area contributed by atoms with Crippen LogP contribution in [0.25, 0.3) is 21.5 Å². The summed E-state index contributed by atoms with van der Waals surface area (Å²) in [6, 6.07) is 9.66. The van der Waals surface area contributed by atoms with E-state index in [9.17, 15) is 31.9 Å². The number of nitrogens with two attached hydrogens (primary N) is 2. The first-order valence-corrected chi connectivity index (χ1v) is 15.0. The quantitative estimate of drug-likeness (QED) is 0.191. The fraction of sp³-hybridized carbons (Fsp3) is 0.323. The number of halogens is 4. The van der Waals surface area contributed by atoms with E-state index in [0.29, 0.717) is 10.2 Å². The number of rotatable bonds is 9. The average Bonchev–Trinajstić information content (AvgIpc) is 3.56. The van der Waals surface area contributed by atoms with Gasteiger partial charge in [0.25, 0.3) is 5.91 Å². The smallest absolute Gasteiger partial charge is 0.398 e. The summed E-state index contributed by atoms with van der Waals surface area (Å²) in [6.45, 7) is 3.94. The van der Waals surface area contributed by atoms with Crippen LogP contribution >= 0.6 is 11.3 Å². The highest BCUT2D eigenvalue weighted by Crippen LogP contribution is 2.46. The van der Waals surface area contributed by atoms with E-state index in [0.717, 1.165) is 29.5 Å². The Kier molecular flexibility index (Phi) is 8.75. The van der Waals surface area contributed by atoms with E-state index in [1.54, 1.807) is 13.8 Å². The van der Waals surface area contributed by atoms with E-state index in [1.165, 1.54) is 37.3 Å². The summed E-state index contributed by atoms with van der Waals surface area (Å²) < 4.78 is 63.5. The van der Waals surface area contributed by atoms with Crippen LogP contribution in [-0.4, -0.2) is 53.1 Å². The highest BCUT2D eigenvalue weighted by atomic mass is 32.1. The SMILES string of the molecule is CC(C)[C@H](N)C(=O)Nc1nc2ccc(C(=O)NC[C@H](c3cc4c(c(-c5ccc(F)cc5)n3)OC[C@]4(C)C(N)=O)C(F)(F)F)cc2s1. The molecule has 0 unspecified atom stereocenters. The number of carbonyl (C=O) groups excluding carboxylic acids is 3. The third-order valence-corrected chi connectivity index (χ3v) is 8.81. The minimum Gasteiger partial charge on any atom is -0.489 e. The Bertz CT molecular complexity index is 1830. The van der Waals surface area contributed by atoms with Gasteiger partial charge in [-0.05, 0) is 61.4 Å². The molecule has 0 bridgehead atoms. The van der Waals surface area contributed by atoms with Gasteiger partial charge in [-0.1, -0.05) is 25.2 Å². The van der Waals surface area contributed by atoms with Crippen molar-refractivity contribution in [1.82, 2.24) is 15.3 Å². The van der Waals surface area contributed by atoms with Gasteiger partial charge in [-0.25, -0.2) is 14.4 Å². The lowest BCUT2D eigenvalue weighted by Gasteiger charge is -2.24. The van der Waals surface area contributed by atoms with Crippen LogP contribution in [0.3, 0.4) is 0 Å². The van der Waals surface area contributed by atoms with Crippen LogP contribution in [0.4, 0.5) is 22.7 Å². The van der Waals surface area contributed by atoms with Gasteiger partial charge < -0.3 is 26.8 Å². The number of pyridine rings is 1. The summed E-state index contributed by atoms with van der Waals surface area (Å²) in [5.41, 5.74) is 10.4. The Morgan fingerprint density at radius 1 is 1.09 bits per heavy atom. The van der Waals surface area contributed by atoms with Crippen LogP contribution in [0, 0.1) is 11.7 Å². The first kappa shape index (κ1) is 32.8. The molecule has 46 heavy (non-hydrogen) atoms. The Morgan fingerprint density at radius 2 is 1.78 bits per heavy atom. The second-order valence-electron chi connectivity index (χ2n) is 11.5. The molecule has 10 nitrogen and oxygen atoms in total. The molecule has 2 aromatic carbocycles. The fourth-order valence-electron chi connectivity index (χ4n) is 4.88. The van der Waals surface area contributed by atoms with Gasteiger partial charge in [-0.2, -0.15) is 13.2 Å². The van der Waals surface area contributed by atoms with Crippen molar-refractivity contribution in [2.45, 2.75) is 44.3 Å². The molecule has 2 aromatic heterocycles. The second kappa shape index (κ2) is 12.3. The largest absolute Gasteiger partial charge is 0.489 e. The lowest BCUT2D eigenvalue weighted by atomic mass is 9.82. The number of anilines is 1. The van der Waals surface area contributed by atoms with Crippen molar-refractivity contribution in [3.8, 4) is 17.0 Å². The molecule has 242 valence electrons. The van der Waals surface area contributed by atoms with Crippen molar-refractivity contribution < 1.29 is 36.7 Å². The first-order chi connectivity index (χ1) is 21.6. The molecule has 0 saturated carbocycles. The standard InChI is InChI=1S/C31H30F4N6O4S/c1-14(2)23(36)27(43)41-29-40-20-9-6-16(10-22(20)46-29)26(42)38-12-19(31(33,34)35)21-11-18-25(45-13-30(18,3)28(37)44)24(39-21)15-4-7-17(32)8-5-15/h4-11,14,19,23H,12-13,36H2,1-3H3,(H2,37,44)(H,38,42)(H,40,41,43)/t19-,23+,30+/m1/s1. The number of thiazole rings is 1. The molecule has 3 amide bonds. The third-order valence-electron chi connectivity index (χ3n) is 7.87. The average molecular weight is 659 g/mol. The Hall–Kier alpha value is -4.63. The summed E-state index contributed by atoms with van der Waals surface area (Å²) in [5.74, 6) is -4.91. The monoisotopic (exact) mass is 658 g/mol. The molecule has 15 heteroatoms. The third kappa shape index (κ3) is 6.37. The van der Waals surface area contributed by atoms with Gasteiger partial charge in [0, 0.05) is 23.2 Å². The lowest BCUT2D eigenvalue weighted by molar-refractivity contribution is -0.149. The predicted molar refractivity (Wildman–Crippen MR) is 164 cm³/mol. The van der Waals surface area contributed by atoms with Crippen LogP contribution in [0.2, 0.25) is 0 Å². The van der Waals surface area contributed by atoms with Crippen LogP contribution in [0.5, 0.6) is 5.75 Å². The predicted octanol–water partition coefficient (Wildman–Crippen LogP) is 4.63. The zero-order valence-electron chi connectivity index (χ0n) is 24.9. The number of alkyl halides is 3. The summed E-state index contributed by atoms with van der Waals surface area (Å²) in [4.78, 5) is 46.4. The van der Waals surface area contributed by atoms with E-state index >= 15 is 0 Å². The van der Waals surface area contributed by atoms with Crippen molar-refractivity contribution in [2.75, 3.05) is 18.5 Å². The minimum atomic E-state index is -4.87. The maximum Gasteiger partial charge on any atom is 0.398 e. The number of aromatic nitrogens is 2. The number of primary amides is 1. The number of fused-ring (bicyclic) bond motifs is 2. The summed E-state index contributed by atoms with van der Waals surface area (Å²) in [5, 5.41) is 5.24. The first-order valence-electron chi connectivity index (χ1n) is 14.1. The summed E-state index contributed by atoms with van der Waals surface area (Å²) >= 11 is 1.08. The van der Waals surface area contributed by atoms with Crippen molar-refractivity contribution in [2.24, 2.45) is 17.4 Å². The molecule has 5 rings (SSSR count). The Labute approximate surface area is 264 Å². The normalized spacial score (nSPS) is 17.3. The maximum atomic E-state index is 14.6. The molecule has 0 spiro atoms. The van der Waals surface area contributed by atoms with Gasteiger partial charge in [0.15, 0.2) is 5.13 Å². The van der Waals surface area contributed by atoms with Crippen molar-refractivity contribution in [3.63, 3.8) is 0 Å². The number of carbonyl (C=O) groups is 3. The highest BCUT2D eigenvalue weighted by Gasteiger charge is 2.47. The van der Waals surface area contributed by atoms with E-state index in [1.807, 2.05) is 0 Å². The molecule has 0 radical (unpaired) electrons. The van der Waals surface area contributed by atoms with E-state index in [2.05, 4.69) is 20.6 Å². The number of nitrogens with zero attached hydrogens (tertiary/aromatic N) is 2. The molecular formula is C31H30F4N6O4S. The van der Waals surface area contributed by atoms with Gasteiger partial charge >= 0.3 is 6.18 Å². The van der Waals surface area contributed by atoms with Gasteiger partial charge in [-0.3, -0.25) is 14.4 Å². The van der Waals surface area contributed by atoms with E-state index < -0.39 is 59.3 Å². The molecule has 0 aliphatic carbocycles. The van der Waals surface area contributed by atoms with Crippen molar-refractivity contribution in [3.05, 3.63) is 71.2 Å². The highest BCUT2D eigenvalue weighted by molar-refractivity contribution is 7.22. The molecule has 3 heterocycles. The van der Waals surface area contributed by atoms with Crippen LogP contribution in [-0.2, 0) is 15.0 Å². The topological polar surface area (TPSA) is 162 Å². The van der Waals surface area contributed by atoms with Crippen molar-refractivity contribution >= 4 is 44.4 Å². The van der Waals surface area contributed by atoms with Crippen molar-refractivity contribution in [1.29, 1.82) is 0 Å². The number of benzene rings is 2. The lowest BCUT2D eigenvalue weighted by Crippen LogP contribution is -2.40. The van der Waals surface area contributed by atoms with E-state index in [4.69, 9.17) is 16.2 Å². The van der Waals surface area contributed by atoms with Gasteiger partial charge in [-0.15, -0.1) is 0 Å². The Balaban J connectivity index is 1.43. The zero-order valence-corrected chi connectivity index (χ0v) is 25.7. The number of ether oxygens (including phenoxy) is 1. The molecule has 0 saturated heterocycles. The van der Waals surface area contributed by atoms with E-state index in [-0.39, 0.29) is 45.8 Å². The summed E-state index contributed by atoms with van der Waals surface area (Å²) in [7, 11) is 0. The molecular weight excluding hydrogens is 628 g/mol. The zero-order chi connectivity index (χ0) is 33.6. The van der Waals surface area contributed by atoms with Gasteiger partial charge in [0.2, 0.25) is 11.8 Å². The maximum absolute atomic E-state index is 14.6. The molecule has 4 aromatic rings. The van der Waals surface area contributed by atoms with Gasteiger partial charge in [0.05, 0.1) is 22.0 Å². The second-order valence-corrected chi connectivity index (χ2v) is 12.6. The van der Waals surface area contributed by atoms with Crippen LogP contribution in [0.1, 0.15) is 48.3 Å². The fourth-order valence-corrected chi connectivity index (χ4v) is 5.79. The van der Waals surface area contributed by atoms with Gasteiger partial charge in [0.1, 0.15) is 35.2 Å². The minimum absolute atomic E-state index is 0.0223. The number of nitrogens with one attached hydrogen (secondary N) is 2. The molecule has 0 fully saturated rings. The molecule has 1 aliphatic rings. The van der Waals surface area contributed by atoms with Crippen LogP contribution in [0.15, 0.2) is 48.5 Å². The Morgan fingerprint density at radius 3 is 2.41 bits per heavy atom. The molecule has 1 aliphatic heterocycles. The molecule has 6 N–H and O–H groups in total. The summed E-state index contributed by atoms with van der Waals surface area (Å²) in [6.07, 6.45) is -4.87.